The van der Waals surface area contributed by atoms with Gasteiger partial charge in [-0.1, -0.05) is 0 Å². The molecule has 0 spiro atoms. The predicted molar refractivity (Wildman–Crippen MR) is 21.2 cm³/mol. The van der Waals surface area contributed by atoms with Gasteiger partial charge in [-0.15, -0.1) is 24.0 Å². The van der Waals surface area contributed by atoms with E-state index in [4.69, 9.17) is 0 Å². The van der Waals surface area contributed by atoms with Gasteiger partial charge in [-0.3, -0.25) is 0 Å². The molecule has 0 aromatic rings. The molecule has 0 amide bonds. The summed E-state index contributed by atoms with van der Waals surface area (Å²) in [6.45, 7) is 0. The fourth-order valence-corrected chi connectivity index (χ4v) is 0. The first kappa shape index (κ1) is 44.7. The largest absolute Gasteiger partial charge is 0.107 e. The second-order valence-corrected chi connectivity index (χ2v) is 0. The Morgan fingerprint density at radius 1 is 1.00 bits per heavy atom. The molecule has 0 aromatic heterocycles. The molecule has 0 fully saturated rings. The molecule has 0 bridgehead atoms. The summed E-state index contributed by atoms with van der Waals surface area (Å²) in [5, 5.41) is 0. The third-order valence-electron chi connectivity index (χ3n) is 0. The summed E-state index contributed by atoms with van der Waals surface area (Å²) >= 11 is 0. The van der Waals surface area contributed by atoms with Crippen molar-refractivity contribution in [3.05, 3.63) is 0 Å². The van der Waals surface area contributed by atoms with Crippen molar-refractivity contribution in [2.45, 2.75) is 0 Å². The number of rotatable bonds is 0. The first-order chi connectivity index (χ1) is 0. The zero-order valence-corrected chi connectivity index (χ0v) is 11.2. The SMILES string of the molecule is I.[Co].[Cu].[Se].[Zn]. The van der Waals surface area contributed by atoms with Crippen LogP contribution in [0.25, 0.3) is 0 Å². The van der Waals surface area contributed by atoms with Gasteiger partial charge in [0.05, 0.1) is 0 Å². The van der Waals surface area contributed by atoms with Crippen LogP contribution in [0.1, 0.15) is 0 Å². The fourth-order valence-electron chi connectivity index (χ4n) is 0. The second kappa shape index (κ2) is 28.6. The molecule has 5 heteroatoms. The molecule has 0 aromatic carbocycles. The summed E-state index contributed by atoms with van der Waals surface area (Å²) in [7, 11) is 0. The Morgan fingerprint density at radius 2 is 1.00 bits per heavy atom. The van der Waals surface area contributed by atoms with Crippen molar-refractivity contribution >= 4 is 41.0 Å². The summed E-state index contributed by atoms with van der Waals surface area (Å²) in [6, 6.07) is 0. The average molecular weight is 395 g/mol. The Bertz CT molecular complexity index is 11.6. The summed E-state index contributed by atoms with van der Waals surface area (Å²) < 4.78 is 0. The van der Waals surface area contributed by atoms with Crippen molar-refractivity contribution in [3.8, 4) is 0 Å². The maximum atomic E-state index is 0. The summed E-state index contributed by atoms with van der Waals surface area (Å²) in [4.78, 5) is 0. The molecular weight excluding hydrogens is 394 g/mol. The number of hydrogen-bond donors (Lipinski definition) is 0. The van der Waals surface area contributed by atoms with Crippen LogP contribution in [0.2, 0.25) is 0 Å². The van der Waals surface area contributed by atoms with Crippen LogP contribution in [0.5, 0.6) is 0 Å². The number of hydrogen-bond acceptors (Lipinski definition) is 0. The molecule has 0 aliphatic heterocycles. The molecule has 36 valence electrons. The summed E-state index contributed by atoms with van der Waals surface area (Å²) in [5.74, 6) is 0. The third-order valence-corrected chi connectivity index (χ3v) is 0. The van der Waals surface area contributed by atoms with Crippen molar-refractivity contribution in [1.29, 1.82) is 0 Å². The molecular formula is HCoCuISeZn. The zero-order valence-electron chi connectivity index (χ0n) is 2.16. The molecule has 0 heterocycles. The molecule has 0 nitrogen and oxygen atoms in total. The van der Waals surface area contributed by atoms with E-state index in [9.17, 15) is 0 Å². The van der Waals surface area contributed by atoms with Gasteiger partial charge < -0.3 is 0 Å². The molecule has 0 atom stereocenters. The van der Waals surface area contributed by atoms with E-state index in [0.29, 0.717) is 0 Å². The molecule has 5 heavy (non-hydrogen) atoms. The average Bonchev–Trinajstić information content (AvgIpc) is 0. The van der Waals surface area contributed by atoms with Gasteiger partial charge in [-0.2, -0.15) is 0 Å². The van der Waals surface area contributed by atoms with Crippen LogP contribution >= 0.6 is 24.0 Å². The monoisotopic (exact) mass is 394 g/mol. The van der Waals surface area contributed by atoms with E-state index in [1.165, 1.54) is 0 Å². The summed E-state index contributed by atoms with van der Waals surface area (Å²) in [6.07, 6.45) is 0. The molecule has 0 rings (SSSR count). The van der Waals surface area contributed by atoms with Crippen LogP contribution in [0.4, 0.5) is 0 Å². The van der Waals surface area contributed by atoms with Crippen LogP contribution < -0.4 is 0 Å². The first-order valence-electron chi connectivity index (χ1n) is 0. The predicted octanol–water partition coefficient (Wildman–Crippen LogP) is 0.230. The van der Waals surface area contributed by atoms with E-state index >= 15 is 0 Å². The van der Waals surface area contributed by atoms with Gasteiger partial charge in [-0.05, 0) is 0 Å². The normalized spacial score (nSPS) is 0. The van der Waals surface area contributed by atoms with Gasteiger partial charge in [0.2, 0.25) is 0 Å². The van der Waals surface area contributed by atoms with E-state index in [1.54, 1.807) is 0 Å². The molecule has 0 aliphatic carbocycles. The van der Waals surface area contributed by atoms with Gasteiger partial charge >= 0.3 is 0 Å². The van der Waals surface area contributed by atoms with Gasteiger partial charge in [0, 0.05) is 70.4 Å². The minimum Gasteiger partial charge on any atom is -0.107 e. The minimum atomic E-state index is 0. The van der Waals surface area contributed by atoms with Crippen LogP contribution in [0.15, 0.2) is 0 Å². The molecule has 4 radical (unpaired) electrons. The molecule has 0 saturated carbocycles. The quantitative estimate of drug-likeness (QED) is 0.408. The van der Waals surface area contributed by atoms with Crippen molar-refractivity contribution in [1.82, 2.24) is 0 Å². The van der Waals surface area contributed by atoms with E-state index in [2.05, 4.69) is 0 Å². The van der Waals surface area contributed by atoms with Gasteiger partial charge in [-0.25, -0.2) is 0 Å². The van der Waals surface area contributed by atoms with Crippen LogP contribution in [0, 0.1) is 0 Å². The van der Waals surface area contributed by atoms with Gasteiger partial charge in [0.1, 0.15) is 0 Å². The van der Waals surface area contributed by atoms with Crippen molar-refractivity contribution in [3.63, 3.8) is 0 Å². The van der Waals surface area contributed by atoms with E-state index in [1.807, 2.05) is 0 Å². The summed E-state index contributed by atoms with van der Waals surface area (Å²) in [5.41, 5.74) is 0. The minimum absolute atomic E-state index is 0. The van der Waals surface area contributed by atoms with E-state index < -0.39 is 0 Å². The molecule has 0 saturated heterocycles. The topological polar surface area (TPSA) is 0 Å². The smallest absolute Gasteiger partial charge is 0 e. The fraction of sp³-hybridized carbons (Fsp3) is 0. The maximum absolute atomic E-state index is 0. The Labute approximate surface area is 92.9 Å². The van der Waals surface area contributed by atoms with Crippen molar-refractivity contribution in [2.75, 3.05) is 0 Å². The van der Waals surface area contributed by atoms with Crippen LogP contribution in [-0.2, 0) is 53.3 Å². The standard InChI is InChI=1S/Co.Cu.HI.Se.Zn/h;;1H;;. The Balaban J connectivity index is 0. The van der Waals surface area contributed by atoms with E-state index in [-0.39, 0.29) is 94.4 Å². The molecule has 0 N–H and O–H groups in total. The van der Waals surface area contributed by atoms with Crippen molar-refractivity contribution < 1.29 is 53.3 Å². The Kier molecular flexibility index (Phi) is 256. The van der Waals surface area contributed by atoms with Crippen molar-refractivity contribution in [2.24, 2.45) is 0 Å². The maximum Gasteiger partial charge on any atom is 0 e. The van der Waals surface area contributed by atoms with Crippen LogP contribution in [0.3, 0.4) is 0 Å². The first-order valence-corrected chi connectivity index (χ1v) is 0. The Hall–Kier alpha value is 2.90. The Morgan fingerprint density at radius 3 is 1.00 bits per heavy atom. The zero-order chi connectivity index (χ0) is 0. The number of halogens is 1. The van der Waals surface area contributed by atoms with Gasteiger partial charge in [0.25, 0.3) is 0 Å². The van der Waals surface area contributed by atoms with E-state index in [0.717, 1.165) is 0 Å². The van der Waals surface area contributed by atoms with Gasteiger partial charge in [0.15, 0.2) is 0 Å². The van der Waals surface area contributed by atoms with Crippen LogP contribution in [-0.4, -0.2) is 17.1 Å². The molecule has 0 unspecified atom stereocenters. The second-order valence-electron chi connectivity index (χ2n) is 0. The molecule has 0 aliphatic rings. The third kappa shape index (κ3) is 19.7.